The van der Waals surface area contributed by atoms with Crippen molar-refractivity contribution >= 4 is 77.6 Å². The first-order valence-electron chi connectivity index (χ1n) is 19.0. The summed E-state index contributed by atoms with van der Waals surface area (Å²) in [5.74, 6) is 0. The van der Waals surface area contributed by atoms with E-state index in [1.54, 1.807) is 96.1 Å². The van der Waals surface area contributed by atoms with Crippen LogP contribution in [0.4, 0.5) is 0 Å². The minimum atomic E-state index is -4.32. The fourth-order valence-electron chi connectivity index (χ4n) is 7.22. The summed E-state index contributed by atoms with van der Waals surface area (Å²) in [5.41, 5.74) is 5.65. The molecule has 0 bridgehead atoms. The average Bonchev–Trinajstić information content (AvgIpc) is 3.18. The summed E-state index contributed by atoms with van der Waals surface area (Å²) in [6.45, 7) is 16.3. The summed E-state index contributed by atoms with van der Waals surface area (Å²) in [6, 6.07) is 34.5. The van der Waals surface area contributed by atoms with Gasteiger partial charge in [0.15, 0.2) is 0 Å². The molecule has 312 valence electrons. The molecule has 3 atom stereocenters. The van der Waals surface area contributed by atoms with Crippen LogP contribution in [0.2, 0.25) is 0 Å². The van der Waals surface area contributed by atoms with Gasteiger partial charge in [0.05, 0.1) is 0 Å². The largest absolute Gasteiger partial charge is 2.00 e. The van der Waals surface area contributed by atoms with Crippen molar-refractivity contribution in [1.82, 2.24) is 0 Å². The third-order valence-corrected chi connectivity index (χ3v) is 15.0. The number of hydrogen-bond donors (Lipinski definition) is 0. The molecule has 3 unspecified atom stereocenters. The first-order valence-corrected chi connectivity index (χ1v) is 23.9. The Morgan fingerprint density at radius 1 is 0.355 bits per heavy atom. The summed E-state index contributed by atoms with van der Waals surface area (Å²) in [5, 5.41) is 0.179. The van der Waals surface area contributed by atoms with E-state index in [2.05, 4.69) is 0 Å². The molecule has 0 heterocycles. The molecule has 0 amide bonds. The zero-order valence-electron chi connectivity index (χ0n) is 36.8. The molecule has 62 heavy (non-hydrogen) atoms. The van der Waals surface area contributed by atoms with Crippen molar-refractivity contribution in [1.29, 1.82) is 0 Å². The van der Waals surface area contributed by atoms with Gasteiger partial charge in [0.2, 0.25) is 16.6 Å². The molecule has 0 N–H and O–H groups in total. The number of hydrogen-bond acceptors (Lipinski definition) is 9. The average molecular weight is 893 g/mol. The minimum Gasteiger partial charge on any atom is -0.790 e. The summed E-state index contributed by atoms with van der Waals surface area (Å²) in [7, 11) is -12.9. The SMILES string of the molecule is Cc1cc(C)c(C(=O)P(=O)([O-])c2ccccc2)c(C)c1.Cc1cc(C)c(C(=O)P(=O)([O-])c2ccccc2)c(C)c1.Cc1cc(C)c(C(=O)P(=O)([O-])c2ccccc2)c(C)c1.[Li+].[Mg+2]. The zero-order chi connectivity index (χ0) is 44.7. The Morgan fingerprint density at radius 3 is 0.677 bits per heavy atom. The van der Waals surface area contributed by atoms with E-state index in [1.165, 1.54) is 36.4 Å². The van der Waals surface area contributed by atoms with Crippen LogP contribution in [-0.2, 0) is 13.7 Å². The number of rotatable bonds is 9. The molecule has 0 radical (unpaired) electrons. The summed E-state index contributed by atoms with van der Waals surface area (Å²) in [6.07, 6.45) is 0. The van der Waals surface area contributed by atoms with Crippen LogP contribution in [0.15, 0.2) is 127 Å². The maximum atomic E-state index is 12.4. The van der Waals surface area contributed by atoms with E-state index in [4.69, 9.17) is 0 Å². The molecule has 0 fully saturated rings. The molecule has 0 spiro atoms. The Hall–Kier alpha value is -3.74. The molecule has 0 saturated heterocycles. The van der Waals surface area contributed by atoms with Gasteiger partial charge in [0.25, 0.3) is 0 Å². The third-order valence-electron chi connectivity index (χ3n) is 9.76. The standard InChI is InChI=1S/3C16H17O3P.Li.Mg/c3*1-11-9-12(2)15(13(3)10-11)16(17)20(18,19)14-7-5-4-6-8-14;;/h3*4-10H,1-3H3,(H,18,19);;/q;;;+1;+2/p-3. The van der Waals surface area contributed by atoms with Crippen molar-refractivity contribution < 1.29 is 61.6 Å². The van der Waals surface area contributed by atoms with Gasteiger partial charge in [-0.25, -0.2) is 0 Å². The monoisotopic (exact) mass is 892 g/mol. The Labute approximate surface area is 393 Å². The number of carbonyl (C=O) groups is 3. The van der Waals surface area contributed by atoms with Gasteiger partial charge in [-0.1, -0.05) is 144 Å². The molecule has 9 nitrogen and oxygen atoms in total. The van der Waals surface area contributed by atoms with E-state index in [1.807, 2.05) is 57.2 Å². The zero-order valence-corrected chi connectivity index (χ0v) is 40.9. The van der Waals surface area contributed by atoms with E-state index < -0.39 is 38.7 Å². The predicted molar refractivity (Wildman–Crippen MR) is 242 cm³/mol. The normalized spacial score (nSPS) is 13.4. The van der Waals surface area contributed by atoms with Crippen LogP contribution in [0.25, 0.3) is 0 Å². The Balaban J connectivity index is 0.000000315. The van der Waals surface area contributed by atoms with Crippen LogP contribution in [0, 0.1) is 62.3 Å². The van der Waals surface area contributed by atoms with Gasteiger partial charge in [-0.2, -0.15) is 0 Å². The van der Waals surface area contributed by atoms with Gasteiger partial charge >= 0.3 is 41.9 Å². The Bertz CT molecular complexity index is 2360. The van der Waals surface area contributed by atoms with E-state index in [0.29, 0.717) is 33.4 Å². The van der Waals surface area contributed by atoms with Crippen LogP contribution in [-0.4, -0.2) is 39.6 Å². The summed E-state index contributed by atoms with van der Waals surface area (Å²) >= 11 is 0. The molecule has 6 rings (SSSR count). The first-order chi connectivity index (χ1) is 28.0. The van der Waals surface area contributed by atoms with Gasteiger partial charge in [-0.15, -0.1) is 0 Å². The molecule has 6 aromatic carbocycles. The fraction of sp³-hybridized carbons (Fsp3) is 0.188. The maximum absolute atomic E-state index is 12.4. The second-order valence-corrected chi connectivity index (χ2v) is 21.0. The molecule has 0 aliphatic carbocycles. The summed E-state index contributed by atoms with van der Waals surface area (Å²) < 4.78 is 37.2. The molecular formula is C48H48LiMgO9P3. The van der Waals surface area contributed by atoms with Crippen molar-refractivity contribution in [2.24, 2.45) is 0 Å². The third kappa shape index (κ3) is 12.7. The van der Waals surface area contributed by atoms with Crippen LogP contribution >= 0.6 is 22.1 Å². The number of benzene rings is 6. The molecular weight excluding hydrogens is 845 g/mol. The van der Waals surface area contributed by atoms with E-state index >= 15 is 0 Å². The van der Waals surface area contributed by atoms with Crippen molar-refractivity contribution in [3.05, 3.63) is 194 Å². The molecule has 0 saturated carbocycles. The molecule has 14 heteroatoms. The smallest absolute Gasteiger partial charge is 0.790 e. The van der Waals surface area contributed by atoms with Crippen LogP contribution in [0.5, 0.6) is 0 Å². The number of carbonyl (C=O) groups excluding carboxylic acids is 3. The van der Waals surface area contributed by atoms with E-state index in [0.717, 1.165) is 16.7 Å². The topological polar surface area (TPSA) is 172 Å². The van der Waals surface area contributed by atoms with Crippen molar-refractivity contribution in [3.8, 4) is 0 Å². The predicted octanol–water partition coefficient (Wildman–Crippen LogP) is 4.77. The second-order valence-electron chi connectivity index (χ2n) is 14.9. The minimum absolute atomic E-state index is 0. The van der Waals surface area contributed by atoms with Crippen LogP contribution < -0.4 is 49.5 Å². The van der Waals surface area contributed by atoms with Gasteiger partial charge in [-0.05, 0) is 95.7 Å². The van der Waals surface area contributed by atoms with Crippen molar-refractivity contribution in [2.75, 3.05) is 0 Å². The first kappa shape index (κ1) is 54.4. The Morgan fingerprint density at radius 2 is 0.516 bits per heavy atom. The number of aryl methyl sites for hydroxylation is 9. The fourth-order valence-corrected chi connectivity index (χ4v) is 11.6. The second kappa shape index (κ2) is 22.8. The van der Waals surface area contributed by atoms with E-state index in [-0.39, 0.29) is 74.5 Å². The maximum Gasteiger partial charge on any atom is 2.00 e. The molecule has 0 aliphatic rings. The molecule has 0 aromatic heterocycles. The van der Waals surface area contributed by atoms with Gasteiger partial charge in [-0.3, -0.25) is 14.4 Å². The quantitative estimate of drug-likeness (QED) is 0.147. The van der Waals surface area contributed by atoms with Gasteiger partial charge in [0.1, 0.15) is 22.1 Å². The van der Waals surface area contributed by atoms with Gasteiger partial charge in [0, 0.05) is 32.6 Å². The van der Waals surface area contributed by atoms with Crippen molar-refractivity contribution in [2.45, 2.75) is 62.3 Å². The Kier molecular flexibility index (Phi) is 20.0. The van der Waals surface area contributed by atoms with Crippen LogP contribution in [0.1, 0.15) is 81.1 Å². The summed E-state index contributed by atoms with van der Waals surface area (Å²) in [4.78, 5) is 74.5. The van der Waals surface area contributed by atoms with Crippen LogP contribution in [0.3, 0.4) is 0 Å². The van der Waals surface area contributed by atoms with Gasteiger partial charge < -0.3 is 28.4 Å². The van der Waals surface area contributed by atoms with E-state index in [9.17, 15) is 42.8 Å². The molecule has 0 aliphatic heterocycles. The van der Waals surface area contributed by atoms with Crippen molar-refractivity contribution in [3.63, 3.8) is 0 Å². The molecule has 6 aromatic rings.